The number of cyclic esters (lactones) is 2. The van der Waals surface area contributed by atoms with Crippen LogP contribution in [0.3, 0.4) is 0 Å². The van der Waals surface area contributed by atoms with Crippen LogP contribution in [0.1, 0.15) is 128 Å². The summed E-state index contributed by atoms with van der Waals surface area (Å²) in [7, 11) is 1.29. The smallest absolute Gasteiger partial charge is 0.407 e. The molecule has 0 aromatic heterocycles. The molecule has 4 aliphatic heterocycles. The third kappa shape index (κ3) is 13.3. The summed E-state index contributed by atoms with van der Waals surface area (Å²) in [5.41, 5.74) is 10.1. The van der Waals surface area contributed by atoms with Gasteiger partial charge in [0, 0.05) is 35.1 Å². The fourth-order valence-corrected chi connectivity index (χ4v) is 10.7. The number of ether oxygens (including phenoxy) is 3. The van der Waals surface area contributed by atoms with Crippen LogP contribution in [0.4, 0.5) is 9.59 Å². The molecule has 0 saturated carbocycles. The Hall–Kier alpha value is -8.28. The van der Waals surface area contributed by atoms with Crippen molar-refractivity contribution in [1.82, 2.24) is 20.4 Å². The lowest BCUT2D eigenvalue weighted by molar-refractivity contribution is -0.152. The minimum Gasteiger partial charge on any atom is -0.480 e. The van der Waals surface area contributed by atoms with Crippen LogP contribution in [0, 0.1) is 10.8 Å². The van der Waals surface area contributed by atoms with Crippen LogP contribution in [0.25, 0.3) is 34.4 Å². The summed E-state index contributed by atoms with van der Waals surface area (Å²) in [5, 5.41) is 24.5. The van der Waals surface area contributed by atoms with Crippen LogP contribution < -0.4 is 10.6 Å². The predicted octanol–water partition coefficient (Wildman–Crippen LogP) is 10.2. The highest BCUT2D eigenvalue weighted by molar-refractivity contribution is 6.25. The molecule has 4 aromatic carbocycles. The molecule has 2 saturated heterocycles. The SMILES string of the molecule is C.C.CC(C)(C)[C@@H]1NC(=O)OCCC/C=C/c2ccc3c(c2)C(=NO[C@@H]2C[C@@H](C(=O)O)N(C2)C1=O)c1ccccc1-3.COC(=O)[C@@H]1C[C@@H]2CN1C(=O)[C@H](C(C)(C)C)NC(=O)OCCC/C=C/c1ccc3c(c1)C(=NO2)c1ccccc1-3. The van der Waals surface area contributed by atoms with Gasteiger partial charge >= 0.3 is 24.1 Å². The Bertz CT molecular complexity index is 3150. The summed E-state index contributed by atoms with van der Waals surface area (Å²) in [6.07, 6.45) is 8.55. The summed E-state index contributed by atoms with van der Waals surface area (Å²) < 4.78 is 15.7. The fraction of sp³-hybridized carbons (Fsp3) is 0.429. The Morgan fingerprint density at radius 2 is 0.975 bits per heavy atom. The van der Waals surface area contributed by atoms with Crippen molar-refractivity contribution in [3.05, 3.63) is 130 Å². The normalized spacial score (nSPS) is 23.4. The van der Waals surface area contributed by atoms with Crippen molar-refractivity contribution in [3.63, 3.8) is 0 Å². The molecule has 4 amide bonds. The zero-order chi connectivity index (χ0) is 56.2. The monoisotopic (exact) mass is 1110 g/mol. The molecule has 0 radical (unpaired) electrons. The molecule has 6 atom stereocenters. The fourth-order valence-electron chi connectivity index (χ4n) is 10.7. The second-order valence-corrected chi connectivity index (χ2v) is 22.6. The molecule has 8 bridgehead atoms. The van der Waals surface area contributed by atoms with Crippen LogP contribution in [0.5, 0.6) is 0 Å². The molecule has 18 heteroatoms. The Balaban J connectivity index is 0.000000228. The van der Waals surface area contributed by atoms with Crippen LogP contribution >= 0.6 is 0 Å². The first-order valence-corrected chi connectivity index (χ1v) is 26.9. The number of carboxylic acid groups (broad SMARTS) is 1. The number of alkyl carbamates (subject to hydrolysis) is 2. The molecular weight excluding hydrogens is 1030 g/mol. The maximum atomic E-state index is 13.8. The molecule has 2 aliphatic carbocycles. The van der Waals surface area contributed by atoms with Gasteiger partial charge in [-0.2, -0.15) is 0 Å². The molecule has 18 nitrogen and oxygen atoms in total. The van der Waals surface area contributed by atoms with Gasteiger partial charge in [-0.05, 0) is 82.0 Å². The van der Waals surface area contributed by atoms with E-state index in [2.05, 4.69) is 57.3 Å². The summed E-state index contributed by atoms with van der Waals surface area (Å²) in [4.78, 5) is 92.3. The topological polar surface area (TPSA) is 224 Å². The standard InChI is InChI=1S/C31H35N3O6.C30H33N3O6.2CH4/c1-31(2,3)27-28(35)34-18-20(17-25(34)29(36)38-4)40-33-26-23-12-8-7-11-21(23)22-14-13-19(16-24(22)26)10-6-5-9-15-39-30(37)32-27;1-30(2,3)26-27(34)33-17-19(16-24(33)28(35)36)39-32-25-22-11-7-6-10-20(22)21-13-12-18(15-23(21)25)9-5-4-8-14-38-29(37)31-26;;/h6-8,10-14,16,20,25,27H,5,9,15,17-18H2,1-4H3,(H,32,37);5-7,9-13,15,19,24,26H,4,8,14,16-17H2,1-3H3,(H,31,37)(H,35,36);2*1H4/b10-6+,33-26?;9-5+,32-25?;;/t20-,25+,27-;19-,24+,26-;;/m11../s1. The number of oxime groups is 2. The Morgan fingerprint density at radius 3 is 1.38 bits per heavy atom. The van der Waals surface area contributed by atoms with E-state index in [0.29, 0.717) is 37.1 Å². The number of aliphatic carboxylic acids is 1. The van der Waals surface area contributed by atoms with E-state index in [0.717, 1.165) is 55.6 Å². The lowest BCUT2D eigenvalue weighted by Gasteiger charge is -2.34. The number of nitrogens with zero attached hydrogens (tertiary/aromatic N) is 4. The Kier molecular flexibility index (Phi) is 19.0. The maximum Gasteiger partial charge on any atom is 0.407 e. The molecule has 430 valence electrons. The Labute approximate surface area is 474 Å². The molecule has 2 fully saturated rings. The Morgan fingerprint density at radius 1 is 0.580 bits per heavy atom. The van der Waals surface area contributed by atoms with Crippen molar-refractivity contribution >= 4 is 59.5 Å². The number of hydrogen-bond acceptors (Lipinski definition) is 13. The van der Waals surface area contributed by atoms with Crippen molar-refractivity contribution in [1.29, 1.82) is 0 Å². The number of nitrogens with one attached hydrogen (secondary N) is 2. The van der Waals surface area contributed by atoms with Crippen molar-refractivity contribution in [3.8, 4) is 22.3 Å². The summed E-state index contributed by atoms with van der Waals surface area (Å²) in [5.74, 6) is -2.57. The predicted molar refractivity (Wildman–Crippen MR) is 310 cm³/mol. The van der Waals surface area contributed by atoms with E-state index in [1.807, 2.05) is 114 Å². The van der Waals surface area contributed by atoms with E-state index in [-0.39, 0.29) is 54.0 Å². The quantitative estimate of drug-likeness (QED) is 0.109. The third-order valence-electron chi connectivity index (χ3n) is 14.8. The minimum atomic E-state index is -1.13. The lowest BCUT2D eigenvalue weighted by atomic mass is 9.85. The largest absolute Gasteiger partial charge is 0.480 e. The molecule has 6 aliphatic rings. The number of hydrogen-bond donors (Lipinski definition) is 3. The molecule has 10 rings (SSSR count). The van der Waals surface area contributed by atoms with Gasteiger partial charge in [0.15, 0.2) is 0 Å². The zero-order valence-electron chi connectivity index (χ0n) is 45.7. The molecule has 81 heavy (non-hydrogen) atoms. The van der Waals surface area contributed by atoms with Crippen LogP contribution in [-0.4, -0.2) is 132 Å². The highest BCUT2D eigenvalue weighted by Crippen LogP contribution is 2.40. The molecule has 0 unspecified atom stereocenters. The van der Waals surface area contributed by atoms with E-state index in [1.54, 1.807) is 0 Å². The lowest BCUT2D eigenvalue weighted by Crippen LogP contribution is -2.57. The van der Waals surface area contributed by atoms with Gasteiger partial charge < -0.3 is 49.4 Å². The number of methoxy groups -OCH3 is 1. The summed E-state index contributed by atoms with van der Waals surface area (Å²) in [6, 6.07) is 24.5. The zero-order valence-corrected chi connectivity index (χ0v) is 45.7. The summed E-state index contributed by atoms with van der Waals surface area (Å²) >= 11 is 0. The molecule has 0 spiro atoms. The van der Waals surface area contributed by atoms with Crippen LogP contribution in [0.2, 0.25) is 0 Å². The second-order valence-electron chi connectivity index (χ2n) is 22.6. The van der Waals surface area contributed by atoms with E-state index >= 15 is 0 Å². The van der Waals surface area contributed by atoms with E-state index in [4.69, 9.17) is 23.9 Å². The minimum absolute atomic E-state index is 0. The van der Waals surface area contributed by atoms with Gasteiger partial charge in [0.2, 0.25) is 11.8 Å². The number of carboxylic acids is 1. The van der Waals surface area contributed by atoms with Gasteiger partial charge in [-0.1, -0.05) is 164 Å². The van der Waals surface area contributed by atoms with Crippen molar-refractivity contribution < 1.29 is 57.8 Å². The number of carbonyl (C=O) groups is 6. The first kappa shape index (κ1) is 60.4. The molecule has 3 N–H and O–H groups in total. The molecule has 4 heterocycles. The van der Waals surface area contributed by atoms with Gasteiger partial charge in [-0.3, -0.25) is 9.59 Å². The number of rotatable bonds is 2. The summed E-state index contributed by atoms with van der Waals surface area (Å²) in [6.45, 7) is 11.5. The third-order valence-corrected chi connectivity index (χ3v) is 14.8. The molecular formula is C63H76N6O12. The number of carbonyl (C=O) groups excluding carboxylic acids is 5. The van der Waals surface area contributed by atoms with Gasteiger partial charge in [-0.25, -0.2) is 19.2 Å². The maximum absolute atomic E-state index is 13.8. The van der Waals surface area contributed by atoms with Gasteiger partial charge in [0.1, 0.15) is 47.8 Å². The van der Waals surface area contributed by atoms with Crippen LogP contribution in [0.15, 0.2) is 107 Å². The number of amides is 4. The van der Waals surface area contributed by atoms with Gasteiger partial charge in [0.05, 0.1) is 33.4 Å². The van der Waals surface area contributed by atoms with Crippen molar-refractivity contribution in [2.45, 2.75) is 131 Å². The van der Waals surface area contributed by atoms with E-state index < -0.39 is 83.1 Å². The number of fused-ring (bicyclic) bond motifs is 12. The van der Waals surface area contributed by atoms with Crippen molar-refractivity contribution in [2.75, 3.05) is 33.4 Å². The van der Waals surface area contributed by atoms with Gasteiger partial charge in [-0.15, -0.1) is 0 Å². The second kappa shape index (κ2) is 25.4. The first-order chi connectivity index (χ1) is 37.8. The highest BCUT2D eigenvalue weighted by Gasteiger charge is 2.48. The average Bonchev–Trinajstić information content (AvgIpc) is 4.25. The van der Waals surface area contributed by atoms with Gasteiger partial charge in [0.25, 0.3) is 0 Å². The van der Waals surface area contributed by atoms with E-state index in [9.17, 15) is 33.9 Å². The van der Waals surface area contributed by atoms with Crippen molar-refractivity contribution in [2.24, 2.45) is 21.1 Å². The first-order valence-electron chi connectivity index (χ1n) is 26.9. The average molecular weight is 1110 g/mol. The molecule has 4 aromatic rings. The number of benzene rings is 4. The van der Waals surface area contributed by atoms with Crippen LogP contribution in [-0.2, 0) is 43.1 Å². The number of allylic oxidation sites excluding steroid dienone is 2. The number of esters is 1. The highest BCUT2D eigenvalue weighted by atomic mass is 16.6. The van der Waals surface area contributed by atoms with E-state index in [1.165, 1.54) is 16.9 Å².